The Morgan fingerprint density at radius 1 is 1.47 bits per heavy atom. The Balaban J connectivity index is 0. The van der Waals surface area contributed by atoms with Crippen LogP contribution in [0.3, 0.4) is 0 Å². The molecule has 1 aliphatic rings. The van der Waals surface area contributed by atoms with Gasteiger partial charge in [0, 0.05) is 0 Å². The van der Waals surface area contributed by atoms with Gasteiger partial charge in [-0.2, -0.15) is 0 Å². The van der Waals surface area contributed by atoms with E-state index in [1.54, 1.807) is 12.2 Å². The zero-order valence-corrected chi connectivity index (χ0v) is 10.5. The van der Waals surface area contributed by atoms with Crippen molar-refractivity contribution in [2.75, 3.05) is 6.61 Å². The van der Waals surface area contributed by atoms with Crippen LogP contribution in [0.4, 0.5) is 4.79 Å². The average molecular weight is 242 g/mol. The number of carbonyl (C=O) groups excluding carboxylic acids is 1. The maximum absolute atomic E-state index is 10.3. The van der Waals surface area contributed by atoms with Crippen molar-refractivity contribution in [2.24, 2.45) is 5.73 Å². The number of carbonyl (C=O) groups is 1. The first-order chi connectivity index (χ1) is 7.95. The fourth-order valence-electron chi connectivity index (χ4n) is 0.830. The minimum Gasteiger partial charge on any atom is -0.393 e. The number of nitrogens with one attached hydrogen (secondary N) is 1. The zero-order valence-electron chi connectivity index (χ0n) is 10.5. The molecule has 2 atom stereocenters. The van der Waals surface area contributed by atoms with Crippen molar-refractivity contribution in [1.29, 1.82) is 0 Å². The number of primary amides is 1. The van der Waals surface area contributed by atoms with Crippen molar-refractivity contribution < 1.29 is 14.6 Å². The zero-order chi connectivity index (χ0) is 13.8. The Morgan fingerprint density at radius 2 is 1.94 bits per heavy atom. The van der Waals surface area contributed by atoms with Crippen LogP contribution in [0.2, 0.25) is 0 Å². The Hall–Kier alpha value is -1.59. The summed E-state index contributed by atoms with van der Waals surface area (Å²) < 4.78 is 5.05. The van der Waals surface area contributed by atoms with Gasteiger partial charge in [0.05, 0.1) is 6.61 Å². The lowest BCUT2D eigenvalue weighted by atomic mass is 10.4. The summed E-state index contributed by atoms with van der Waals surface area (Å²) in [6.45, 7) is 13.4. The number of hydrogen-bond donors (Lipinski definition) is 3. The average Bonchev–Trinajstić information content (AvgIpc) is 2.67. The Labute approximate surface area is 103 Å². The fraction of sp³-hybridized carbons (Fsp3) is 0.417. The van der Waals surface area contributed by atoms with Gasteiger partial charge in [0.15, 0.2) is 6.23 Å². The van der Waals surface area contributed by atoms with Gasteiger partial charge < -0.3 is 20.9 Å². The fourth-order valence-corrected chi connectivity index (χ4v) is 0.830. The number of amides is 2. The molecule has 17 heavy (non-hydrogen) atoms. The molecule has 98 valence electrons. The molecule has 0 spiro atoms. The lowest BCUT2D eigenvalue weighted by molar-refractivity contribution is 0.0167. The molecule has 0 bridgehead atoms. The number of rotatable bonds is 2. The number of aliphatic hydroxyl groups excluding tert-OH is 1. The number of ether oxygens (including phenoxy) is 1. The maximum Gasteiger partial charge on any atom is 0.314 e. The summed E-state index contributed by atoms with van der Waals surface area (Å²) in [6.07, 6.45) is 2.48. The standard InChI is InChI=1S/C6H10N2O3.C4H8.C2H4/c7-6(10)8-5-2-1-4(3-9)11-5;1-4(2)3;1-2/h1-2,4-5,9H,3H2,(H3,7,8,10);1H2,2-3H3;1-2H2. The number of urea groups is 1. The Morgan fingerprint density at radius 3 is 2.24 bits per heavy atom. The van der Waals surface area contributed by atoms with E-state index in [9.17, 15) is 4.79 Å². The van der Waals surface area contributed by atoms with Gasteiger partial charge in [-0.1, -0.05) is 11.6 Å². The highest BCUT2D eigenvalue weighted by molar-refractivity contribution is 5.72. The van der Waals surface area contributed by atoms with Crippen LogP contribution in [0.25, 0.3) is 0 Å². The summed E-state index contributed by atoms with van der Waals surface area (Å²) in [6, 6.07) is -0.641. The maximum atomic E-state index is 10.3. The molecular weight excluding hydrogens is 220 g/mol. The van der Waals surface area contributed by atoms with Crippen molar-refractivity contribution in [3.63, 3.8) is 0 Å². The molecule has 1 aliphatic heterocycles. The SMILES string of the molecule is C=C.C=C(C)C.NC(=O)NC1C=CC(CO)O1. The van der Waals surface area contributed by atoms with E-state index >= 15 is 0 Å². The van der Waals surface area contributed by atoms with Crippen LogP contribution in [-0.4, -0.2) is 30.1 Å². The highest BCUT2D eigenvalue weighted by Crippen LogP contribution is 2.07. The van der Waals surface area contributed by atoms with Crippen molar-refractivity contribution >= 4 is 6.03 Å². The van der Waals surface area contributed by atoms with Crippen molar-refractivity contribution in [3.8, 4) is 0 Å². The molecule has 1 heterocycles. The summed E-state index contributed by atoms with van der Waals surface area (Å²) in [5.41, 5.74) is 6.00. The van der Waals surface area contributed by atoms with E-state index in [0.717, 1.165) is 0 Å². The number of aliphatic hydroxyl groups is 1. The minimum atomic E-state index is -0.641. The normalized spacial score (nSPS) is 20.4. The molecule has 0 aromatic heterocycles. The molecule has 0 aliphatic carbocycles. The summed E-state index contributed by atoms with van der Waals surface area (Å²) in [7, 11) is 0. The summed E-state index contributed by atoms with van der Waals surface area (Å²) in [5, 5.41) is 10.9. The van der Waals surface area contributed by atoms with Gasteiger partial charge in [0.25, 0.3) is 0 Å². The largest absolute Gasteiger partial charge is 0.393 e. The molecule has 0 saturated carbocycles. The van der Waals surface area contributed by atoms with Crippen molar-refractivity contribution in [1.82, 2.24) is 5.32 Å². The predicted molar refractivity (Wildman–Crippen MR) is 69.3 cm³/mol. The Bertz CT molecular complexity index is 260. The van der Waals surface area contributed by atoms with E-state index < -0.39 is 12.3 Å². The summed E-state index contributed by atoms with van der Waals surface area (Å²) in [4.78, 5) is 10.3. The van der Waals surface area contributed by atoms with Gasteiger partial charge in [-0.15, -0.1) is 19.7 Å². The van der Waals surface area contributed by atoms with Gasteiger partial charge in [-0.3, -0.25) is 0 Å². The highest BCUT2D eigenvalue weighted by Gasteiger charge is 2.18. The van der Waals surface area contributed by atoms with Crippen LogP contribution in [0.15, 0.2) is 37.5 Å². The lowest BCUT2D eigenvalue weighted by Crippen LogP contribution is -2.38. The van der Waals surface area contributed by atoms with E-state index in [1.165, 1.54) is 5.57 Å². The monoisotopic (exact) mass is 242 g/mol. The van der Waals surface area contributed by atoms with Crippen LogP contribution in [0, 0.1) is 0 Å². The topological polar surface area (TPSA) is 84.6 Å². The molecule has 0 saturated heterocycles. The van der Waals surface area contributed by atoms with Gasteiger partial charge >= 0.3 is 6.03 Å². The molecular formula is C12H22N2O3. The molecule has 0 fully saturated rings. The third kappa shape index (κ3) is 12.3. The highest BCUT2D eigenvalue weighted by atomic mass is 16.5. The first kappa shape index (κ1) is 17.8. The second-order valence-corrected chi connectivity index (χ2v) is 3.38. The number of allylic oxidation sites excluding steroid dienone is 1. The van der Waals surface area contributed by atoms with Gasteiger partial charge in [-0.05, 0) is 19.9 Å². The first-order valence-corrected chi connectivity index (χ1v) is 5.08. The van der Waals surface area contributed by atoms with E-state index in [4.69, 9.17) is 15.6 Å². The van der Waals surface area contributed by atoms with E-state index in [-0.39, 0.29) is 12.7 Å². The molecule has 2 unspecified atom stereocenters. The van der Waals surface area contributed by atoms with Crippen molar-refractivity contribution in [3.05, 3.63) is 37.5 Å². The van der Waals surface area contributed by atoms with Crippen LogP contribution >= 0.6 is 0 Å². The summed E-state index contributed by atoms with van der Waals surface area (Å²) in [5.74, 6) is 0. The third-order valence-corrected chi connectivity index (χ3v) is 1.29. The van der Waals surface area contributed by atoms with E-state index in [2.05, 4.69) is 25.1 Å². The van der Waals surface area contributed by atoms with Crippen molar-refractivity contribution in [2.45, 2.75) is 26.2 Å². The minimum absolute atomic E-state index is 0.0898. The summed E-state index contributed by atoms with van der Waals surface area (Å²) >= 11 is 0. The van der Waals surface area contributed by atoms with Gasteiger partial charge in [0.2, 0.25) is 0 Å². The molecule has 0 radical (unpaired) electrons. The van der Waals surface area contributed by atoms with Gasteiger partial charge in [-0.25, -0.2) is 4.79 Å². The molecule has 1 rings (SSSR count). The second kappa shape index (κ2) is 10.9. The van der Waals surface area contributed by atoms with Crippen LogP contribution in [-0.2, 0) is 4.74 Å². The smallest absolute Gasteiger partial charge is 0.314 e. The van der Waals surface area contributed by atoms with E-state index in [0.29, 0.717) is 0 Å². The molecule has 2 amide bonds. The predicted octanol–water partition coefficient (Wildman–Crippen LogP) is 1.31. The Kier molecular flexibility index (Phi) is 11.4. The molecule has 0 aromatic rings. The van der Waals surface area contributed by atoms with E-state index in [1.807, 2.05) is 13.8 Å². The number of nitrogens with two attached hydrogens (primary N) is 1. The van der Waals surface area contributed by atoms with Gasteiger partial charge in [0.1, 0.15) is 6.10 Å². The molecule has 5 heteroatoms. The third-order valence-electron chi connectivity index (χ3n) is 1.29. The van der Waals surface area contributed by atoms with Crippen LogP contribution in [0.5, 0.6) is 0 Å². The first-order valence-electron chi connectivity index (χ1n) is 5.08. The molecule has 4 N–H and O–H groups in total. The second-order valence-electron chi connectivity index (χ2n) is 3.38. The molecule has 5 nitrogen and oxygen atoms in total. The quantitative estimate of drug-likeness (QED) is 0.638. The number of hydrogen-bond acceptors (Lipinski definition) is 3. The lowest BCUT2D eigenvalue weighted by Gasteiger charge is -2.11. The molecule has 0 aromatic carbocycles. The van der Waals surface area contributed by atoms with Crippen LogP contribution in [0.1, 0.15) is 13.8 Å². The van der Waals surface area contributed by atoms with Crippen LogP contribution < -0.4 is 11.1 Å².